The summed E-state index contributed by atoms with van der Waals surface area (Å²) in [6, 6.07) is 0.405. The molecule has 0 aromatic carbocycles. The fourth-order valence-electron chi connectivity index (χ4n) is 0.759. The van der Waals surface area contributed by atoms with E-state index in [1.54, 1.807) is 0 Å². The molecule has 3 heteroatoms. The molecule has 0 radical (unpaired) electrons. The third-order valence-corrected chi connectivity index (χ3v) is 2.41. The summed E-state index contributed by atoms with van der Waals surface area (Å²) < 4.78 is 0. The van der Waals surface area contributed by atoms with Crippen LogP contribution in [0.5, 0.6) is 0 Å². The van der Waals surface area contributed by atoms with E-state index in [0.29, 0.717) is 12.0 Å². The fraction of sp³-hybridized carbons (Fsp3) is 0.833. The van der Waals surface area contributed by atoms with Crippen molar-refractivity contribution in [1.29, 1.82) is 0 Å². The molecule has 0 aliphatic carbocycles. The molecule has 2 nitrogen and oxygen atoms in total. The molecule has 1 atom stereocenters. The van der Waals surface area contributed by atoms with E-state index >= 15 is 0 Å². The maximum atomic E-state index is 10.6. The zero-order valence-corrected chi connectivity index (χ0v) is 6.49. The average Bonchev–Trinajstić information content (AvgIpc) is 2.14. The van der Waals surface area contributed by atoms with Gasteiger partial charge in [0.2, 0.25) is 0 Å². The summed E-state index contributed by atoms with van der Waals surface area (Å²) >= 11 is 1.38. The number of amides is 1. The molecule has 9 heavy (non-hydrogen) atoms. The van der Waals surface area contributed by atoms with E-state index in [0.717, 1.165) is 5.75 Å². The Kier molecular flexibility index (Phi) is 2.01. The smallest absolute Gasteiger partial charge is 0.279 e. The van der Waals surface area contributed by atoms with E-state index < -0.39 is 0 Å². The number of carbonyl (C=O) groups is 1. The van der Waals surface area contributed by atoms with E-state index in [-0.39, 0.29) is 5.24 Å². The van der Waals surface area contributed by atoms with Crippen LogP contribution < -0.4 is 5.32 Å². The Morgan fingerprint density at radius 2 is 2.44 bits per heavy atom. The first-order valence-corrected chi connectivity index (χ1v) is 4.12. The molecule has 1 fully saturated rings. The molecule has 0 aromatic heterocycles. The van der Waals surface area contributed by atoms with Gasteiger partial charge in [0.15, 0.2) is 0 Å². The van der Waals surface area contributed by atoms with E-state index in [4.69, 9.17) is 0 Å². The van der Waals surface area contributed by atoms with Crippen molar-refractivity contribution in [3.63, 3.8) is 0 Å². The number of carbonyl (C=O) groups excluding carboxylic acids is 1. The molecule has 1 rings (SSSR count). The molecule has 0 bridgehead atoms. The molecule has 1 N–H and O–H groups in total. The quantitative estimate of drug-likeness (QED) is 0.605. The molecule has 1 saturated heterocycles. The third kappa shape index (κ3) is 1.61. The number of rotatable bonds is 1. The monoisotopic (exact) mass is 145 g/mol. The molecule has 0 saturated carbocycles. The van der Waals surface area contributed by atoms with Crippen molar-refractivity contribution in [3.05, 3.63) is 0 Å². The van der Waals surface area contributed by atoms with Gasteiger partial charge < -0.3 is 5.32 Å². The summed E-state index contributed by atoms with van der Waals surface area (Å²) in [5.74, 6) is 1.51. The van der Waals surface area contributed by atoms with Crippen molar-refractivity contribution >= 4 is 17.0 Å². The molecule has 0 unspecified atom stereocenters. The number of hydrogen-bond acceptors (Lipinski definition) is 2. The zero-order valence-electron chi connectivity index (χ0n) is 5.68. The molecule has 0 spiro atoms. The molecule has 1 heterocycles. The maximum absolute atomic E-state index is 10.6. The van der Waals surface area contributed by atoms with Crippen LogP contribution in [-0.4, -0.2) is 17.0 Å². The molecule has 1 amide bonds. The van der Waals surface area contributed by atoms with Gasteiger partial charge in [0.25, 0.3) is 5.24 Å². The Hall–Kier alpha value is -0.180. The van der Waals surface area contributed by atoms with Gasteiger partial charge in [0.1, 0.15) is 0 Å². The van der Waals surface area contributed by atoms with Crippen molar-refractivity contribution in [3.8, 4) is 0 Å². The highest BCUT2D eigenvalue weighted by atomic mass is 32.2. The summed E-state index contributed by atoms with van der Waals surface area (Å²) in [4.78, 5) is 10.6. The molecule has 52 valence electrons. The van der Waals surface area contributed by atoms with Gasteiger partial charge in [-0.25, -0.2) is 0 Å². The van der Waals surface area contributed by atoms with Gasteiger partial charge in [0, 0.05) is 11.8 Å². The van der Waals surface area contributed by atoms with Crippen LogP contribution in [-0.2, 0) is 0 Å². The maximum Gasteiger partial charge on any atom is 0.279 e. The van der Waals surface area contributed by atoms with Crippen molar-refractivity contribution in [2.75, 3.05) is 5.75 Å². The van der Waals surface area contributed by atoms with E-state index in [1.165, 1.54) is 11.8 Å². The van der Waals surface area contributed by atoms with E-state index in [2.05, 4.69) is 19.2 Å². The number of hydrogen-bond donors (Lipinski definition) is 1. The molecule has 1 aliphatic heterocycles. The minimum atomic E-state index is 0.133. The lowest BCUT2D eigenvalue weighted by molar-refractivity contribution is 0.258. The van der Waals surface area contributed by atoms with Crippen LogP contribution in [0, 0.1) is 5.92 Å². The topological polar surface area (TPSA) is 29.1 Å². The molecule has 0 aromatic rings. The van der Waals surface area contributed by atoms with Crippen molar-refractivity contribution < 1.29 is 4.79 Å². The van der Waals surface area contributed by atoms with Gasteiger partial charge in [-0.15, -0.1) is 0 Å². The van der Waals surface area contributed by atoms with E-state index in [9.17, 15) is 4.79 Å². The van der Waals surface area contributed by atoms with Gasteiger partial charge in [-0.2, -0.15) is 0 Å². The highest BCUT2D eigenvalue weighted by Crippen LogP contribution is 2.17. The minimum absolute atomic E-state index is 0.133. The zero-order chi connectivity index (χ0) is 6.85. The molecule has 1 aliphatic rings. The Bertz CT molecular complexity index is 124. The lowest BCUT2D eigenvalue weighted by atomic mass is 10.1. The second-order valence-corrected chi connectivity index (χ2v) is 3.59. The summed E-state index contributed by atoms with van der Waals surface area (Å²) in [6.45, 7) is 4.24. The van der Waals surface area contributed by atoms with Gasteiger partial charge >= 0.3 is 0 Å². The minimum Gasteiger partial charge on any atom is -0.343 e. The highest BCUT2D eigenvalue weighted by Gasteiger charge is 2.23. The van der Waals surface area contributed by atoms with Crippen LogP contribution in [0.4, 0.5) is 4.79 Å². The van der Waals surface area contributed by atoms with Gasteiger partial charge in [-0.05, 0) is 5.92 Å². The second-order valence-electron chi connectivity index (χ2n) is 2.59. The van der Waals surface area contributed by atoms with Gasteiger partial charge in [-0.3, -0.25) is 4.79 Å². The number of nitrogens with one attached hydrogen (secondary N) is 1. The first kappa shape index (κ1) is 6.93. The second kappa shape index (κ2) is 2.60. The van der Waals surface area contributed by atoms with Gasteiger partial charge in [0.05, 0.1) is 0 Å². The summed E-state index contributed by atoms with van der Waals surface area (Å²) in [7, 11) is 0. The van der Waals surface area contributed by atoms with Crippen LogP contribution in [0.25, 0.3) is 0 Å². The summed E-state index contributed by atoms with van der Waals surface area (Å²) in [5, 5.41) is 3.01. The predicted octanol–water partition coefficient (Wildman–Crippen LogP) is 1.47. The van der Waals surface area contributed by atoms with E-state index in [1.807, 2.05) is 0 Å². The normalized spacial score (nSPS) is 27.0. The largest absolute Gasteiger partial charge is 0.343 e. The standard InChI is InChI=1S/C6H11NOS/c1-4(2)5-3-9-6(8)7-5/h4-5H,3H2,1-2H3,(H,7,8)/t5-/m1/s1. The van der Waals surface area contributed by atoms with Crippen LogP contribution in [0.2, 0.25) is 0 Å². The molecular formula is C6H11NOS. The summed E-state index contributed by atoms with van der Waals surface area (Å²) in [6.07, 6.45) is 0. The van der Waals surface area contributed by atoms with Crippen molar-refractivity contribution in [2.45, 2.75) is 19.9 Å². The average molecular weight is 145 g/mol. The Morgan fingerprint density at radius 1 is 1.78 bits per heavy atom. The Morgan fingerprint density at radius 3 is 2.67 bits per heavy atom. The highest BCUT2D eigenvalue weighted by molar-refractivity contribution is 8.13. The Balaban J connectivity index is 2.39. The third-order valence-electron chi connectivity index (χ3n) is 1.50. The van der Waals surface area contributed by atoms with Crippen molar-refractivity contribution in [2.24, 2.45) is 5.92 Å². The first-order chi connectivity index (χ1) is 4.20. The van der Waals surface area contributed by atoms with Crippen LogP contribution in [0.15, 0.2) is 0 Å². The van der Waals surface area contributed by atoms with Crippen LogP contribution in [0.1, 0.15) is 13.8 Å². The van der Waals surface area contributed by atoms with Crippen LogP contribution >= 0.6 is 11.8 Å². The fourth-order valence-corrected chi connectivity index (χ4v) is 1.79. The lowest BCUT2D eigenvalue weighted by Gasteiger charge is -2.11. The molecular weight excluding hydrogens is 134 g/mol. The predicted molar refractivity (Wildman–Crippen MR) is 39.6 cm³/mol. The van der Waals surface area contributed by atoms with Crippen molar-refractivity contribution in [1.82, 2.24) is 5.32 Å². The lowest BCUT2D eigenvalue weighted by Crippen LogP contribution is -2.30. The number of thioether (sulfide) groups is 1. The van der Waals surface area contributed by atoms with Gasteiger partial charge in [-0.1, -0.05) is 25.6 Å². The first-order valence-electron chi connectivity index (χ1n) is 3.13. The Labute approximate surface area is 59.4 Å². The SMILES string of the molecule is CC(C)[C@H]1CSC(=O)N1. The summed E-state index contributed by atoms with van der Waals surface area (Å²) in [5.41, 5.74) is 0. The van der Waals surface area contributed by atoms with Crippen LogP contribution in [0.3, 0.4) is 0 Å².